The number of ether oxygens (including phenoxy) is 1. The minimum absolute atomic E-state index is 0.202. The summed E-state index contributed by atoms with van der Waals surface area (Å²) < 4.78 is 36.2. The Morgan fingerprint density at radius 3 is 2.46 bits per heavy atom. The van der Waals surface area contributed by atoms with Gasteiger partial charge in [-0.2, -0.15) is 8.42 Å². The zero-order valence-corrected chi connectivity index (χ0v) is 17.7. The van der Waals surface area contributed by atoms with Gasteiger partial charge in [0.1, 0.15) is 5.60 Å². The molecule has 4 nitrogen and oxygen atoms in total. The lowest BCUT2D eigenvalue weighted by Crippen LogP contribution is -2.42. The van der Waals surface area contributed by atoms with Crippen molar-refractivity contribution < 1.29 is 13.2 Å². The highest BCUT2D eigenvalue weighted by Crippen LogP contribution is 2.32. The van der Waals surface area contributed by atoms with Crippen LogP contribution in [0.25, 0.3) is 0 Å². The Kier molecular flexibility index (Phi) is 6.02. The van der Waals surface area contributed by atoms with Crippen molar-refractivity contribution in [3.05, 3.63) is 65.7 Å². The molecule has 0 spiro atoms. The predicted molar refractivity (Wildman–Crippen MR) is 112 cm³/mol. The summed E-state index contributed by atoms with van der Waals surface area (Å²) in [5.74, 6) is 0.324. The van der Waals surface area contributed by atoms with E-state index in [4.69, 9.17) is 4.74 Å². The van der Waals surface area contributed by atoms with Gasteiger partial charge in [-0.1, -0.05) is 70.6 Å². The van der Waals surface area contributed by atoms with E-state index in [2.05, 4.69) is 39.1 Å². The fourth-order valence-corrected chi connectivity index (χ4v) is 4.90. The highest BCUT2D eigenvalue weighted by molar-refractivity contribution is 14.1. The Morgan fingerprint density at radius 1 is 1.12 bits per heavy atom. The van der Waals surface area contributed by atoms with Crippen LogP contribution in [-0.2, 0) is 21.2 Å². The van der Waals surface area contributed by atoms with E-state index >= 15 is 0 Å². The summed E-state index contributed by atoms with van der Waals surface area (Å²) in [7, 11) is -3.75. The summed E-state index contributed by atoms with van der Waals surface area (Å²) in [5.41, 5.74) is 1.80. The van der Waals surface area contributed by atoms with Crippen LogP contribution in [0.4, 0.5) is 0 Å². The molecule has 1 aliphatic heterocycles. The first-order valence-electron chi connectivity index (χ1n) is 8.62. The van der Waals surface area contributed by atoms with Crippen LogP contribution in [0.15, 0.2) is 63.9 Å². The van der Waals surface area contributed by atoms with Gasteiger partial charge in [-0.15, -0.1) is 4.40 Å². The molecule has 138 valence electrons. The van der Waals surface area contributed by atoms with Crippen molar-refractivity contribution in [3.63, 3.8) is 0 Å². The van der Waals surface area contributed by atoms with Crippen molar-refractivity contribution in [2.24, 2.45) is 4.40 Å². The maximum absolute atomic E-state index is 12.6. The number of halogens is 1. The average Bonchev–Trinajstić information content (AvgIpc) is 2.63. The van der Waals surface area contributed by atoms with Gasteiger partial charge in [0.2, 0.25) is 5.90 Å². The van der Waals surface area contributed by atoms with Gasteiger partial charge >= 0.3 is 0 Å². The van der Waals surface area contributed by atoms with E-state index in [-0.39, 0.29) is 4.90 Å². The normalized spacial score (nSPS) is 22.2. The van der Waals surface area contributed by atoms with Crippen LogP contribution in [0.3, 0.4) is 0 Å². The lowest BCUT2D eigenvalue weighted by Gasteiger charge is -2.37. The number of nitrogens with zero attached hydrogens (tertiary/aromatic N) is 1. The number of aryl methyl sites for hydroxylation is 1. The summed E-state index contributed by atoms with van der Waals surface area (Å²) in [4.78, 5) is 0.202. The molecule has 0 bridgehead atoms. The molecule has 2 aromatic carbocycles. The van der Waals surface area contributed by atoms with E-state index in [9.17, 15) is 8.42 Å². The van der Waals surface area contributed by atoms with Crippen LogP contribution in [0.1, 0.15) is 30.4 Å². The van der Waals surface area contributed by atoms with E-state index in [1.54, 1.807) is 24.3 Å². The molecule has 6 heteroatoms. The molecule has 0 aliphatic carbocycles. The van der Waals surface area contributed by atoms with Crippen molar-refractivity contribution in [2.45, 2.75) is 43.1 Å². The molecule has 1 atom stereocenters. The first kappa shape index (κ1) is 19.4. The number of rotatable bonds is 5. The first-order valence-corrected chi connectivity index (χ1v) is 11.6. The van der Waals surface area contributed by atoms with Gasteiger partial charge in [0, 0.05) is 17.3 Å². The third-order valence-corrected chi connectivity index (χ3v) is 7.21. The van der Waals surface area contributed by atoms with Gasteiger partial charge in [0.15, 0.2) is 0 Å². The molecule has 1 saturated heterocycles. The number of hydrogen-bond acceptors (Lipinski definition) is 3. The third kappa shape index (κ3) is 4.65. The summed E-state index contributed by atoms with van der Waals surface area (Å²) in [5, 5.41) is 0. The number of hydrogen-bond donors (Lipinski definition) is 0. The highest BCUT2D eigenvalue weighted by atomic mass is 127. The standard InChI is InChI=1S/C20H22INO3S/c1-16-9-11-18(12-10-16)26(23,24)22-19-8-5-13-20(15-21,25-19)14-17-6-3-2-4-7-17/h2-4,6-7,9-12H,5,8,13-15H2,1H3/t20-/m1/s1. The Hall–Kier alpha value is -1.41. The van der Waals surface area contributed by atoms with Crippen molar-refractivity contribution >= 4 is 38.5 Å². The van der Waals surface area contributed by atoms with Crippen LogP contribution in [0, 0.1) is 6.92 Å². The summed E-state index contributed by atoms with van der Waals surface area (Å²) in [6, 6.07) is 16.9. The molecular weight excluding hydrogens is 461 g/mol. The van der Waals surface area contributed by atoms with Crippen LogP contribution < -0.4 is 0 Å². The Labute approximate surface area is 168 Å². The molecule has 1 aliphatic rings. The monoisotopic (exact) mass is 483 g/mol. The largest absolute Gasteiger partial charge is 0.472 e. The lowest BCUT2D eigenvalue weighted by atomic mass is 9.89. The summed E-state index contributed by atoms with van der Waals surface area (Å²) >= 11 is 2.32. The van der Waals surface area contributed by atoms with Crippen LogP contribution in [-0.4, -0.2) is 24.3 Å². The molecule has 0 aromatic heterocycles. The van der Waals surface area contributed by atoms with E-state index in [0.717, 1.165) is 29.3 Å². The minimum Gasteiger partial charge on any atom is -0.472 e. The smallest absolute Gasteiger partial charge is 0.285 e. The van der Waals surface area contributed by atoms with Gasteiger partial charge in [-0.05, 0) is 37.5 Å². The highest BCUT2D eigenvalue weighted by Gasteiger charge is 2.36. The molecule has 26 heavy (non-hydrogen) atoms. The van der Waals surface area contributed by atoms with E-state index in [1.165, 1.54) is 5.56 Å². The second-order valence-electron chi connectivity index (χ2n) is 6.71. The zero-order chi connectivity index (χ0) is 18.6. The van der Waals surface area contributed by atoms with Crippen LogP contribution in [0.5, 0.6) is 0 Å². The van der Waals surface area contributed by atoms with E-state index in [1.807, 2.05) is 25.1 Å². The second kappa shape index (κ2) is 8.08. The molecule has 0 amide bonds. The Morgan fingerprint density at radius 2 is 1.81 bits per heavy atom. The fraction of sp³-hybridized carbons (Fsp3) is 0.350. The molecule has 2 aromatic rings. The van der Waals surface area contributed by atoms with Crippen molar-refractivity contribution in [2.75, 3.05) is 4.43 Å². The van der Waals surface area contributed by atoms with Crippen LogP contribution in [0.2, 0.25) is 0 Å². The van der Waals surface area contributed by atoms with Crippen molar-refractivity contribution in [3.8, 4) is 0 Å². The van der Waals surface area contributed by atoms with E-state index in [0.29, 0.717) is 12.3 Å². The third-order valence-electron chi connectivity index (χ3n) is 4.51. The molecule has 3 rings (SSSR count). The van der Waals surface area contributed by atoms with Crippen molar-refractivity contribution in [1.29, 1.82) is 0 Å². The molecule has 0 radical (unpaired) electrons. The molecule has 1 heterocycles. The maximum Gasteiger partial charge on any atom is 0.285 e. The number of alkyl halides is 1. The minimum atomic E-state index is -3.75. The van der Waals surface area contributed by atoms with Gasteiger partial charge in [0.25, 0.3) is 10.0 Å². The molecule has 1 fully saturated rings. The summed E-state index contributed by atoms with van der Waals surface area (Å²) in [6.45, 7) is 1.92. The lowest BCUT2D eigenvalue weighted by molar-refractivity contribution is 0.0517. The molecule has 0 N–H and O–H groups in total. The number of sulfonamides is 1. The fourth-order valence-electron chi connectivity index (χ4n) is 3.11. The Balaban J connectivity index is 1.84. The quantitative estimate of drug-likeness (QED) is 0.458. The Bertz CT molecular complexity index is 879. The summed E-state index contributed by atoms with van der Waals surface area (Å²) in [6.07, 6.45) is 3.07. The van der Waals surface area contributed by atoms with Gasteiger partial charge < -0.3 is 4.74 Å². The second-order valence-corrected chi connectivity index (χ2v) is 9.07. The SMILES string of the molecule is Cc1ccc(S(=O)(=O)N=C2CCC[C@](CI)(Cc3ccccc3)O2)cc1. The maximum atomic E-state index is 12.6. The van der Waals surface area contributed by atoms with Gasteiger partial charge in [-0.25, -0.2) is 0 Å². The zero-order valence-electron chi connectivity index (χ0n) is 14.7. The topological polar surface area (TPSA) is 55.7 Å². The molecule has 0 saturated carbocycles. The molecule has 0 unspecified atom stereocenters. The van der Waals surface area contributed by atoms with E-state index < -0.39 is 15.6 Å². The first-order chi connectivity index (χ1) is 12.4. The van der Waals surface area contributed by atoms with Crippen LogP contribution >= 0.6 is 22.6 Å². The average molecular weight is 483 g/mol. The van der Waals surface area contributed by atoms with Gasteiger partial charge in [-0.3, -0.25) is 0 Å². The predicted octanol–water partition coefficient (Wildman–Crippen LogP) is 4.70. The van der Waals surface area contributed by atoms with Crippen molar-refractivity contribution in [1.82, 2.24) is 0 Å². The molecular formula is C20H22INO3S. The number of benzene rings is 2. The van der Waals surface area contributed by atoms with Gasteiger partial charge in [0.05, 0.1) is 4.90 Å².